The molecule has 0 amide bonds. The van der Waals surface area contributed by atoms with Crippen molar-refractivity contribution in [3.8, 4) is 0 Å². The van der Waals surface area contributed by atoms with Gasteiger partial charge in [-0.15, -0.1) is 11.8 Å². The van der Waals surface area contributed by atoms with Gasteiger partial charge in [0.1, 0.15) is 5.78 Å². The molecule has 0 radical (unpaired) electrons. The molecule has 0 aliphatic carbocycles. The number of hydrogen-bond acceptors (Lipinski definition) is 3. The second-order valence-corrected chi connectivity index (χ2v) is 5.89. The van der Waals surface area contributed by atoms with Crippen molar-refractivity contribution in [2.75, 3.05) is 5.75 Å². The zero-order valence-corrected chi connectivity index (χ0v) is 12.3. The summed E-state index contributed by atoms with van der Waals surface area (Å²) < 4.78 is 0. The van der Waals surface area contributed by atoms with Crippen LogP contribution in [0.25, 0.3) is 0 Å². The maximum atomic E-state index is 11.3. The summed E-state index contributed by atoms with van der Waals surface area (Å²) in [5, 5.41) is 0.211. The molecule has 2 rings (SSSR count). The number of ketones is 1. The van der Waals surface area contributed by atoms with Gasteiger partial charge in [-0.2, -0.15) is 0 Å². The van der Waals surface area contributed by atoms with Crippen LogP contribution in [0.15, 0.2) is 60.7 Å². The molecular weight excluding hydrogens is 266 g/mol. The van der Waals surface area contributed by atoms with Gasteiger partial charge in [-0.05, 0) is 18.1 Å². The van der Waals surface area contributed by atoms with Crippen molar-refractivity contribution < 1.29 is 4.79 Å². The third-order valence-corrected chi connectivity index (χ3v) is 4.60. The van der Waals surface area contributed by atoms with Crippen LogP contribution in [-0.4, -0.2) is 17.6 Å². The summed E-state index contributed by atoms with van der Waals surface area (Å²) in [6.07, 6.45) is 0. The first-order chi connectivity index (χ1) is 9.68. The van der Waals surface area contributed by atoms with Gasteiger partial charge >= 0.3 is 0 Å². The van der Waals surface area contributed by atoms with Crippen molar-refractivity contribution >= 4 is 17.5 Å². The Labute approximate surface area is 124 Å². The van der Waals surface area contributed by atoms with Gasteiger partial charge in [0.05, 0.1) is 11.3 Å². The number of nitrogens with two attached hydrogens (primary N) is 1. The molecule has 0 bridgehead atoms. The molecule has 104 valence electrons. The average Bonchev–Trinajstić information content (AvgIpc) is 2.49. The molecule has 0 unspecified atom stereocenters. The van der Waals surface area contributed by atoms with Gasteiger partial charge in [0.2, 0.25) is 0 Å². The summed E-state index contributed by atoms with van der Waals surface area (Å²) >= 11 is 1.72. The predicted octanol–water partition coefficient (Wildman–Crippen LogP) is 3.43. The van der Waals surface area contributed by atoms with Crippen LogP contribution < -0.4 is 5.73 Å². The van der Waals surface area contributed by atoms with Gasteiger partial charge in [-0.25, -0.2) is 0 Å². The standard InChI is InChI=1S/C17H19NOS/c1-13(19)16(18)12-20-17(14-8-4-2-5-9-14)15-10-6-3-7-11-15/h2-11,16-17H,12,18H2,1H3/t16-/m0/s1. The van der Waals surface area contributed by atoms with E-state index in [4.69, 9.17) is 5.73 Å². The van der Waals surface area contributed by atoms with Crippen molar-refractivity contribution in [3.63, 3.8) is 0 Å². The minimum absolute atomic E-state index is 0.0392. The number of carbonyl (C=O) groups is 1. The van der Waals surface area contributed by atoms with Gasteiger partial charge < -0.3 is 5.73 Å². The molecule has 3 heteroatoms. The first-order valence-corrected chi connectivity index (χ1v) is 7.71. The minimum atomic E-state index is -0.394. The van der Waals surface area contributed by atoms with Gasteiger partial charge in [0.25, 0.3) is 0 Å². The number of Topliss-reactive ketones (excluding diaryl/α,β-unsaturated/α-hetero) is 1. The summed E-state index contributed by atoms with van der Waals surface area (Å²) in [5.41, 5.74) is 8.32. The van der Waals surface area contributed by atoms with E-state index in [1.165, 1.54) is 11.1 Å². The Kier molecular flexibility index (Phi) is 5.39. The number of thioether (sulfide) groups is 1. The van der Waals surface area contributed by atoms with E-state index in [9.17, 15) is 4.79 Å². The van der Waals surface area contributed by atoms with E-state index in [2.05, 4.69) is 24.3 Å². The fraction of sp³-hybridized carbons (Fsp3) is 0.235. The van der Waals surface area contributed by atoms with Crippen molar-refractivity contribution in [2.45, 2.75) is 18.2 Å². The van der Waals surface area contributed by atoms with E-state index in [1.807, 2.05) is 36.4 Å². The second-order valence-electron chi connectivity index (χ2n) is 4.75. The Morgan fingerprint density at radius 3 is 1.85 bits per heavy atom. The van der Waals surface area contributed by atoms with Crippen LogP contribution >= 0.6 is 11.8 Å². The lowest BCUT2D eigenvalue weighted by atomic mass is 10.0. The third-order valence-electron chi connectivity index (χ3n) is 3.17. The summed E-state index contributed by atoms with van der Waals surface area (Å²) in [7, 11) is 0. The van der Waals surface area contributed by atoms with Gasteiger partial charge in [0.15, 0.2) is 0 Å². The highest BCUT2D eigenvalue weighted by molar-refractivity contribution is 7.99. The number of rotatable bonds is 6. The summed E-state index contributed by atoms with van der Waals surface area (Å²) in [6, 6.07) is 20.2. The molecule has 0 aliphatic rings. The van der Waals surface area contributed by atoms with Crippen LogP contribution in [0.1, 0.15) is 23.3 Å². The highest BCUT2D eigenvalue weighted by atomic mass is 32.2. The maximum absolute atomic E-state index is 11.3. The normalized spacial score (nSPS) is 12.3. The quantitative estimate of drug-likeness (QED) is 0.884. The van der Waals surface area contributed by atoms with Crippen molar-refractivity contribution in [1.82, 2.24) is 0 Å². The Morgan fingerprint density at radius 1 is 1.00 bits per heavy atom. The van der Waals surface area contributed by atoms with E-state index >= 15 is 0 Å². The smallest absolute Gasteiger partial charge is 0.147 e. The molecule has 2 nitrogen and oxygen atoms in total. The molecule has 0 heterocycles. The van der Waals surface area contributed by atoms with Crippen molar-refractivity contribution in [2.24, 2.45) is 5.73 Å². The van der Waals surface area contributed by atoms with Crippen LogP contribution in [0.2, 0.25) is 0 Å². The number of hydrogen-bond donors (Lipinski definition) is 1. The number of carbonyl (C=O) groups excluding carboxylic acids is 1. The van der Waals surface area contributed by atoms with Gasteiger partial charge in [0, 0.05) is 5.75 Å². The lowest BCUT2D eigenvalue weighted by Gasteiger charge is -2.19. The third kappa shape index (κ3) is 3.95. The molecule has 0 saturated heterocycles. The van der Waals surface area contributed by atoms with Crippen LogP contribution in [0.3, 0.4) is 0 Å². The highest BCUT2D eigenvalue weighted by Gasteiger charge is 2.17. The Hall–Kier alpha value is -1.58. The van der Waals surface area contributed by atoms with Crippen LogP contribution in [0.4, 0.5) is 0 Å². The molecule has 2 aromatic rings. The molecule has 0 spiro atoms. The highest BCUT2D eigenvalue weighted by Crippen LogP contribution is 2.35. The zero-order valence-electron chi connectivity index (χ0n) is 11.5. The van der Waals surface area contributed by atoms with Gasteiger partial charge in [-0.1, -0.05) is 60.7 Å². The van der Waals surface area contributed by atoms with E-state index < -0.39 is 6.04 Å². The largest absolute Gasteiger partial charge is 0.321 e. The zero-order chi connectivity index (χ0) is 14.4. The Morgan fingerprint density at radius 2 is 1.45 bits per heavy atom. The Bertz CT molecular complexity index is 502. The van der Waals surface area contributed by atoms with Crippen molar-refractivity contribution in [3.05, 3.63) is 71.8 Å². The molecular formula is C17H19NOS. The van der Waals surface area contributed by atoms with Crippen LogP contribution in [0.5, 0.6) is 0 Å². The summed E-state index contributed by atoms with van der Waals surface area (Å²) in [6.45, 7) is 1.55. The SMILES string of the molecule is CC(=O)[C@@H](N)CSC(c1ccccc1)c1ccccc1. The minimum Gasteiger partial charge on any atom is -0.321 e. The van der Waals surface area contributed by atoms with E-state index in [-0.39, 0.29) is 11.0 Å². The van der Waals surface area contributed by atoms with E-state index in [0.29, 0.717) is 5.75 Å². The lowest BCUT2D eigenvalue weighted by Crippen LogP contribution is -2.31. The van der Waals surface area contributed by atoms with Crippen LogP contribution in [0, 0.1) is 0 Å². The van der Waals surface area contributed by atoms with E-state index in [0.717, 1.165) is 0 Å². The molecule has 0 saturated carbocycles. The molecule has 2 N–H and O–H groups in total. The first-order valence-electron chi connectivity index (χ1n) is 6.66. The fourth-order valence-electron chi connectivity index (χ4n) is 1.96. The van der Waals surface area contributed by atoms with Gasteiger partial charge in [-0.3, -0.25) is 4.79 Å². The lowest BCUT2D eigenvalue weighted by molar-refractivity contribution is -0.117. The van der Waals surface area contributed by atoms with E-state index in [1.54, 1.807) is 18.7 Å². The maximum Gasteiger partial charge on any atom is 0.147 e. The molecule has 20 heavy (non-hydrogen) atoms. The Balaban J connectivity index is 2.19. The van der Waals surface area contributed by atoms with Crippen LogP contribution in [-0.2, 0) is 4.79 Å². The molecule has 0 fully saturated rings. The molecule has 2 aromatic carbocycles. The summed E-state index contributed by atoms with van der Waals surface area (Å²) in [4.78, 5) is 11.3. The second kappa shape index (κ2) is 7.27. The number of benzene rings is 2. The first kappa shape index (κ1) is 14.8. The monoisotopic (exact) mass is 285 g/mol. The molecule has 0 aliphatic heterocycles. The fourth-order valence-corrected chi connectivity index (χ4v) is 3.29. The van der Waals surface area contributed by atoms with Crippen molar-refractivity contribution in [1.29, 1.82) is 0 Å². The summed E-state index contributed by atoms with van der Waals surface area (Å²) in [5.74, 6) is 0.668. The predicted molar refractivity (Wildman–Crippen MR) is 85.8 cm³/mol. The molecule has 1 atom stereocenters. The topological polar surface area (TPSA) is 43.1 Å². The average molecular weight is 285 g/mol. The molecule has 0 aromatic heterocycles.